The molecule has 0 radical (unpaired) electrons. The van der Waals surface area contributed by atoms with Gasteiger partial charge in [0.25, 0.3) is 0 Å². The Labute approximate surface area is 79.4 Å². The second-order valence-corrected chi connectivity index (χ2v) is 7.80. The van der Waals surface area contributed by atoms with Crippen LogP contribution in [0.25, 0.3) is 0 Å². The zero-order valence-corrected chi connectivity index (χ0v) is 9.76. The predicted molar refractivity (Wildman–Crippen MR) is 61.9 cm³/mol. The highest BCUT2D eigenvalue weighted by atomic mass is 32.3. The normalized spacial score (nSPS) is 12.0. The molecule has 0 aliphatic heterocycles. The molecular formula is C11H22S. The van der Waals surface area contributed by atoms with E-state index in [1.165, 1.54) is 25.7 Å². The molecule has 0 heterocycles. The second-order valence-electron chi connectivity index (χ2n) is 3.93. The summed E-state index contributed by atoms with van der Waals surface area (Å²) in [6.07, 6.45) is 13.2. The van der Waals surface area contributed by atoms with Crippen LogP contribution in [0.5, 0.6) is 0 Å². The third kappa shape index (κ3) is 9.91. The average molecular weight is 186 g/mol. The first-order valence-corrected chi connectivity index (χ1v) is 7.60. The van der Waals surface area contributed by atoms with Crippen LogP contribution >= 0.6 is 10.0 Å². The minimum Gasteiger partial charge on any atom is -0.186 e. The minimum absolute atomic E-state index is 0.578. The molecule has 0 aliphatic carbocycles. The summed E-state index contributed by atoms with van der Waals surface area (Å²) in [4.78, 5) is 0. The van der Waals surface area contributed by atoms with Crippen molar-refractivity contribution in [1.82, 2.24) is 0 Å². The molecule has 0 aromatic carbocycles. The second kappa shape index (κ2) is 6.43. The molecule has 0 spiro atoms. The Morgan fingerprint density at radius 1 is 1.00 bits per heavy atom. The lowest BCUT2D eigenvalue weighted by atomic mass is 10.2. The van der Waals surface area contributed by atoms with Gasteiger partial charge >= 0.3 is 0 Å². The fraction of sp³-hybridized carbons (Fsp3) is 0.818. The summed E-state index contributed by atoms with van der Waals surface area (Å²) in [6, 6.07) is 0. The third-order valence-corrected chi connectivity index (χ3v) is 2.29. The zero-order chi connectivity index (χ0) is 9.45. The molecule has 72 valence electrons. The van der Waals surface area contributed by atoms with Gasteiger partial charge in [-0.1, -0.05) is 37.4 Å². The van der Waals surface area contributed by atoms with Crippen molar-refractivity contribution in [2.24, 2.45) is 0 Å². The van der Waals surface area contributed by atoms with Gasteiger partial charge in [0.15, 0.2) is 0 Å². The van der Waals surface area contributed by atoms with Gasteiger partial charge in [0, 0.05) is 6.42 Å². The van der Waals surface area contributed by atoms with Crippen LogP contribution in [0, 0.1) is 11.2 Å². The summed E-state index contributed by atoms with van der Waals surface area (Å²) in [7, 11) is -0.578. The van der Waals surface area contributed by atoms with Crippen LogP contribution in [0.3, 0.4) is 0 Å². The molecule has 0 atom stereocenters. The fourth-order valence-electron chi connectivity index (χ4n) is 0.908. The maximum atomic E-state index is 3.33. The van der Waals surface area contributed by atoms with Gasteiger partial charge in [0.2, 0.25) is 0 Å². The quantitative estimate of drug-likeness (QED) is 0.465. The van der Waals surface area contributed by atoms with Crippen molar-refractivity contribution >= 4 is 10.0 Å². The summed E-state index contributed by atoms with van der Waals surface area (Å²) in [5, 5.41) is 3.33. The molecule has 0 aromatic rings. The Bertz CT molecular complexity index is 154. The van der Waals surface area contributed by atoms with E-state index < -0.39 is 10.0 Å². The topological polar surface area (TPSA) is 0 Å². The van der Waals surface area contributed by atoms with Crippen LogP contribution in [0.1, 0.15) is 39.0 Å². The van der Waals surface area contributed by atoms with Crippen LogP contribution in [0.2, 0.25) is 0 Å². The van der Waals surface area contributed by atoms with Crippen LogP contribution in [0.15, 0.2) is 0 Å². The van der Waals surface area contributed by atoms with Gasteiger partial charge in [-0.2, -0.15) is 10.0 Å². The number of hydrogen-bond acceptors (Lipinski definition) is 0. The summed E-state index contributed by atoms with van der Waals surface area (Å²) >= 11 is 0. The Morgan fingerprint density at radius 3 is 2.17 bits per heavy atom. The van der Waals surface area contributed by atoms with E-state index in [1.54, 1.807) is 0 Å². The molecule has 0 aromatic heterocycles. The first-order valence-electron chi connectivity index (χ1n) is 4.74. The summed E-state index contributed by atoms with van der Waals surface area (Å²) < 4.78 is 0. The maximum Gasteiger partial charge on any atom is 0.00971 e. The minimum atomic E-state index is -0.578. The van der Waals surface area contributed by atoms with E-state index in [9.17, 15) is 0 Å². The SMILES string of the molecule is CCCCCCC#CS(C)(C)C. The van der Waals surface area contributed by atoms with Crippen molar-refractivity contribution in [3.8, 4) is 11.2 Å². The van der Waals surface area contributed by atoms with E-state index in [0.29, 0.717) is 0 Å². The molecule has 0 rings (SSSR count). The van der Waals surface area contributed by atoms with Crippen molar-refractivity contribution < 1.29 is 0 Å². The molecule has 0 aliphatic rings. The molecular weight excluding hydrogens is 164 g/mol. The van der Waals surface area contributed by atoms with E-state index in [0.717, 1.165) is 6.42 Å². The van der Waals surface area contributed by atoms with Gasteiger partial charge < -0.3 is 0 Å². The Kier molecular flexibility index (Phi) is 6.38. The van der Waals surface area contributed by atoms with E-state index in [-0.39, 0.29) is 0 Å². The molecule has 1 heteroatoms. The van der Waals surface area contributed by atoms with Gasteiger partial charge in [0.1, 0.15) is 0 Å². The first-order chi connectivity index (χ1) is 5.56. The maximum absolute atomic E-state index is 3.33. The third-order valence-electron chi connectivity index (χ3n) is 1.53. The van der Waals surface area contributed by atoms with Crippen LogP contribution in [-0.4, -0.2) is 18.8 Å². The zero-order valence-electron chi connectivity index (χ0n) is 8.94. The Hall–Kier alpha value is -0.0900. The number of unbranched alkanes of at least 4 members (excludes halogenated alkanes) is 4. The van der Waals surface area contributed by atoms with E-state index in [1.807, 2.05) is 0 Å². The molecule has 0 saturated heterocycles. The highest BCUT2D eigenvalue weighted by Gasteiger charge is 1.94. The number of hydrogen-bond donors (Lipinski definition) is 0. The van der Waals surface area contributed by atoms with Crippen molar-refractivity contribution in [1.29, 1.82) is 0 Å². The molecule has 0 N–H and O–H groups in total. The predicted octanol–water partition coefficient (Wildman–Crippen LogP) is 3.61. The van der Waals surface area contributed by atoms with Gasteiger partial charge in [-0.3, -0.25) is 0 Å². The van der Waals surface area contributed by atoms with Crippen molar-refractivity contribution in [3.63, 3.8) is 0 Å². The molecule has 0 nitrogen and oxygen atoms in total. The monoisotopic (exact) mass is 186 g/mol. The molecule has 0 bridgehead atoms. The highest BCUT2D eigenvalue weighted by Crippen LogP contribution is 2.32. The molecule has 0 amide bonds. The smallest absolute Gasteiger partial charge is 0.00971 e. The first kappa shape index (κ1) is 11.9. The number of rotatable bonds is 4. The average Bonchev–Trinajstić information content (AvgIpc) is 1.94. The van der Waals surface area contributed by atoms with E-state index in [4.69, 9.17) is 0 Å². The van der Waals surface area contributed by atoms with E-state index >= 15 is 0 Å². The van der Waals surface area contributed by atoms with Crippen LogP contribution in [0.4, 0.5) is 0 Å². The lowest BCUT2D eigenvalue weighted by Crippen LogP contribution is -1.84. The van der Waals surface area contributed by atoms with Crippen LogP contribution in [-0.2, 0) is 0 Å². The van der Waals surface area contributed by atoms with Gasteiger partial charge in [-0.25, -0.2) is 0 Å². The Balaban J connectivity index is 3.34. The van der Waals surface area contributed by atoms with Gasteiger partial charge in [0.05, 0.1) is 0 Å². The molecule has 0 fully saturated rings. The summed E-state index contributed by atoms with van der Waals surface area (Å²) in [5.74, 6) is 3.27. The van der Waals surface area contributed by atoms with Gasteiger partial charge in [-0.05, 0) is 25.2 Å². The van der Waals surface area contributed by atoms with Crippen molar-refractivity contribution in [2.45, 2.75) is 39.0 Å². The standard InChI is InChI=1S/C11H22S/c1-5-6-7-8-9-10-11-12(2,3)4/h5-9H2,1-4H3. The molecule has 0 unspecified atom stereocenters. The molecule has 12 heavy (non-hydrogen) atoms. The summed E-state index contributed by atoms with van der Waals surface area (Å²) in [6.45, 7) is 2.24. The van der Waals surface area contributed by atoms with Crippen molar-refractivity contribution in [3.05, 3.63) is 0 Å². The lowest BCUT2D eigenvalue weighted by molar-refractivity contribution is 0.680. The highest BCUT2D eigenvalue weighted by molar-refractivity contribution is 8.35. The fourth-order valence-corrected chi connectivity index (χ4v) is 1.44. The van der Waals surface area contributed by atoms with Gasteiger partial charge in [-0.15, -0.1) is 0 Å². The van der Waals surface area contributed by atoms with Crippen LogP contribution < -0.4 is 0 Å². The Morgan fingerprint density at radius 2 is 1.67 bits per heavy atom. The summed E-state index contributed by atoms with van der Waals surface area (Å²) in [5.41, 5.74) is 0. The van der Waals surface area contributed by atoms with E-state index in [2.05, 4.69) is 36.9 Å². The lowest BCUT2D eigenvalue weighted by Gasteiger charge is -2.14. The largest absolute Gasteiger partial charge is 0.186 e. The van der Waals surface area contributed by atoms with Crippen molar-refractivity contribution in [2.75, 3.05) is 18.8 Å². The molecule has 0 saturated carbocycles.